The van der Waals surface area contributed by atoms with Gasteiger partial charge in [0.05, 0.1) is 10.9 Å². The molecule has 0 saturated carbocycles. The van der Waals surface area contributed by atoms with E-state index in [0.29, 0.717) is 10.6 Å². The molecule has 2 rings (SSSR count). The average molecular weight is 366 g/mol. The van der Waals surface area contributed by atoms with Crippen LogP contribution in [0.5, 0.6) is 0 Å². The number of hydrogen-bond acceptors (Lipinski definition) is 3. The molecule has 4 nitrogen and oxygen atoms in total. The van der Waals surface area contributed by atoms with Crippen LogP contribution in [-0.4, -0.2) is 31.6 Å². The van der Waals surface area contributed by atoms with Gasteiger partial charge in [0.15, 0.2) is 5.78 Å². The van der Waals surface area contributed by atoms with Crippen molar-refractivity contribution in [3.8, 4) is 0 Å². The summed E-state index contributed by atoms with van der Waals surface area (Å²) in [6.45, 7) is 5.47. The molecule has 0 aliphatic carbocycles. The van der Waals surface area contributed by atoms with E-state index in [1.165, 1.54) is 31.3 Å². The maximum absolute atomic E-state index is 12.7. The van der Waals surface area contributed by atoms with Gasteiger partial charge in [-0.1, -0.05) is 23.7 Å². The van der Waals surface area contributed by atoms with Gasteiger partial charge < -0.3 is 0 Å². The van der Waals surface area contributed by atoms with E-state index in [1.54, 1.807) is 19.1 Å². The van der Waals surface area contributed by atoms with Crippen molar-refractivity contribution >= 4 is 27.4 Å². The number of aryl methyl sites for hydroxylation is 2. The number of sulfonamides is 1. The van der Waals surface area contributed by atoms with E-state index < -0.39 is 16.1 Å². The van der Waals surface area contributed by atoms with Crippen molar-refractivity contribution in [2.75, 3.05) is 7.05 Å². The minimum atomic E-state index is -3.77. The lowest BCUT2D eigenvalue weighted by atomic mass is 10.0. The number of benzene rings is 2. The highest BCUT2D eigenvalue weighted by molar-refractivity contribution is 7.89. The predicted octanol–water partition coefficient (Wildman–Crippen LogP) is 3.85. The van der Waals surface area contributed by atoms with E-state index in [0.717, 1.165) is 15.4 Å². The molecule has 0 spiro atoms. The third kappa shape index (κ3) is 3.69. The quantitative estimate of drug-likeness (QED) is 0.756. The van der Waals surface area contributed by atoms with Gasteiger partial charge in [-0.15, -0.1) is 0 Å². The second-order valence-corrected chi connectivity index (χ2v) is 8.25. The summed E-state index contributed by atoms with van der Waals surface area (Å²) in [5.41, 5.74) is 2.58. The highest BCUT2D eigenvalue weighted by Gasteiger charge is 2.30. The number of carbonyl (C=O) groups is 1. The lowest BCUT2D eigenvalue weighted by Gasteiger charge is -2.23. The first-order chi connectivity index (χ1) is 11.1. The number of rotatable bonds is 5. The van der Waals surface area contributed by atoms with Gasteiger partial charge in [-0.25, -0.2) is 8.42 Å². The number of carbonyl (C=O) groups excluding carboxylic acids is 1. The van der Waals surface area contributed by atoms with E-state index in [4.69, 9.17) is 11.6 Å². The Morgan fingerprint density at radius 2 is 1.62 bits per heavy atom. The van der Waals surface area contributed by atoms with Gasteiger partial charge in [-0.3, -0.25) is 4.79 Å². The fraction of sp³-hybridized carbons (Fsp3) is 0.278. The minimum Gasteiger partial charge on any atom is -0.292 e. The van der Waals surface area contributed by atoms with Crippen molar-refractivity contribution in [3.63, 3.8) is 0 Å². The van der Waals surface area contributed by atoms with Crippen LogP contribution < -0.4 is 0 Å². The first-order valence-corrected chi connectivity index (χ1v) is 9.31. The molecule has 0 saturated heterocycles. The SMILES string of the molecule is Cc1ccc(C(=O)C(C)N(C)S(=O)(=O)c2ccc(Cl)cc2)cc1C. The van der Waals surface area contributed by atoms with E-state index in [9.17, 15) is 13.2 Å². The van der Waals surface area contributed by atoms with Crippen molar-refractivity contribution in [3.05, 3.63) is 64.2 Å². The molecule has 1 atom stereocenters. The van der Waals surface area contributed by atoms with Crippen molar-refractivity contribution in [2.45, 2.75) is 31.7 Å². The van der Waals surface area contributed by atoms with Crippen molar-refractivity contribution in [2.24, 2.45) is 0 Å². The summed E-state index contributed by atoms with van der Waals surface area (Å²) in [6, 6.07) is 10.5. The minimum absolute atomic E-state index is 0.106. The van der Waals surface area contributed by atoms with E-state index in [1.807, 2.05) is 19.9 Å². The second-order valence-electron chi connectivity index (χ2n) is 5.81. The number of hydrogen-bond donors (Lipinski definition) is 0. The average Bonchev–Trinajstić information content (AvgIpc) is 2.55. The molecule has 2 aromatic rings. The Hall–Kier alpha value is -1.69. The first-order valence-electron chi connectivity index (χ1n) is 7.49. The largest absolute Gasteiger partial charge is 0.292 e. The highest BCUT2D eigenvalue weighted by atomic mass is 35.5. The van der Waals surface area contributed by atoms with Crippen LogP contribution >= 0.6 is 11.6 Å². The molecule has 0 bridgehead atoms. The van der Waals surface area contributed by atoms with Gasteiger partial charge in [0, 0.05) is 17.6 Å². The molecule has 0 heterocycles. The maximum Gasteiger partial charge on any atom is 0.243 e. The molecule has 0 N–H and O–H groups in total. The van der Waals surface area contributed by atoms with Crippen molar-refractivity contribution in [1.29, 1.82) is 0 Å². The summed E-state index contributed by atoms with van der Waals surface area (Å²) in [5.74, 6) is -0.238. The second kappa shape index (κ2) is 7.05. The van der Waals surface area contributed by atoms with Crippen LogP contribution in [0.1, 0.15) is 28.4 Å². The van der Waals surface area contributed by atoms with Gasteiger partial charge in [0.1, 0.15) is 0 Å². The molecule has 0 aliphatic heterocycles. The molecular formula is C18H20ClNO3S. The zero-order valence-electron chi connectivity index (χ0n) is 14.1. The zero-order chi connectivity index (χ0) is 18.1. The molecule has 2 aromatic carbocycles. The predicted molar refractivity (Wildman–Crippen MR) is 96.1 cm³/mol. The monoisotopic (exact) mass is 365 g/mol. The van der Waals surface area contributed by atoms with Crippen LogP contribution in [0, 0.1) is 13.8 Å². The Kier molecular flexibility index (Phi) is 5.48. The van der Waals surface area contributed by atoms with Crippen molar-refractivity contribution < 1.29 is 13.2 Å². The number of nitrogens with zero attached hydrogens (tertiary/aromatic N) is 1. The maximum atomic E-state index is 12.7. The van der Waals surface area contributed by atoms with Gasteiger partial charge in [0.2, 0.25) is 10.0 Å². The van der Waals surface area contributed by atoms with Crippen LogP contribution in [0.25, 0.3) is 0 Å². The van der Waals surface area contributed by atoms with Gasteiger partial charge in [0.25, 0.3) is 0 Å². The summed E-state index contributed by atoms with van der Waals surface area (Å²) < 4.78 is 26.4. The number of halogens is 1. The molecule has 1 unspecified atom stereocenters. The summed E-state index contributed by atoms with van der Waals surface area (Å²) in [6.07, 6.45) is 0. The van der Waals surface area contributed by atoms with E-state index in [-0.39, 0.29) is 10.7 Å². The van der Waals surface area contributed by atoms with Gasteiger partial charge in [-0.2, -0.15) is 4.31 Å². The normalized spacial score (nSPS) is 13.1. The smallest absolute Gasteiger partial charge is 0.243 e. The molecule has 0 aliphatic rings. The van der Waals surface area contributed by atoms with Crippen LogP contribution in [0.15, 0.2) is 47.4 Å². The van der Waals surface area contributed by atoms with Crippen LogP contribution in [0.3, 0.4) is 0 Å². The van der Waals surface area contributed by atoms with Crippen LogP contribution in [-0.2, 0) is 10.0 Å². The number of ketones is 1. The molecule has 6 heteroatoms. The van der Waals surface area contributed by atoms with E-state index >= 15 is 0 Å². The lowest BCUT2D eigenvalue weighted by molar-refractivity contribution is 0.0919. The Bertz CT molecular complexity index is 860. The van der Waals surface area contributed by atoms with Gasteiger partial charge in [-0.05, 0) is 62.2 Å². The number of Topliss-reactive ketones (excluding diaryl/α,β-unsaturated/α-hetero) is 1. The van der Waals surface area contributed by atoms with Crippen molar-refractivity contribution in [1.82, 2.24) is 4.31 Å². The van der Waals surface area contributed by atoms with E-state index in [2.05, 4.69) is 0 Å². The molecule has 0 aromatic heterocycles. The Morgan fingerprint density at radius 3 is 2.17 bits per heavy atom. The Balaban J connectivity index is 2.30. The molecule has 24 heavy (non-hydrogen) atoms. The fourth-order valence-electron chi connectivity index (χ4n) is 2.28. The van der Waals surface area contributed by atoms with Crippen LogP contribution in [0.2, 0.25) is 5.02 Å². The third-order valence-electron chi connectivity index (χ3n) is 4.21. The number of likely N-dealkylation sites (N-methyl/N-ethyl adjacent to an activating group) is 1. The molecule has 0 fully saturated rings. The Morgan fingerprint density at radius 1 is 1.04 bits per heavy atom. The summed E-state index contributed by atoms with van der Waals surface area (Å²) in [7, 11) is -2.36. The van der Waals surface area contributed by atoms with Crippen LogP contribution in [0.4, 0.5) is 0 Å². The summed E-state index contributed by atoms with van der Waals surface area (Å²) >= 11 is 5.80. The summed E-state index contributed by atoms with van der Waals surface area (Å²) in [4.78, 5) is 12.8. The fourth-order valence-corrected chi connectivity index (χ4v) is 3.73. The highest BCUT2D eigenvalue weighted by Crippen LogP contribution is 2.21. The lowest BCUT2D eigenvalue weighted by Crippen LogP contribution is -2.40. The van der Waals surface area contributed by atoms with Gasteiger partial charge >= 0.3 is 0 Å². The molecular weight excluding hydrogens is 346 g/mol. The standard InChI is InChI=1S/C18H20ClNO3S/c1-12-5-6-15(11-13(12)2)18(21)14(3)20(4)24(22,23)17-9-7-16(19)8-10-17/h5-11,14H,1-4H3. The third-order valence-corrected chi connectivity index (χ3v) is 6.40. The first kappa shape index (κ1) is 18.6. The topological polar surface area (TPSA) is 54.5 Å². The Labute approximate surface area is 148 Å². The molecule has 0 radical (unpaired) electrons. The molecule has 128 valence electrons. The zero-order valence-corrected chi connectivity index (χ0v) is 15.6. The summed E-state index contributed by atoms with van der Waals surface area (Å²) in [5, 5.41) is 0.454. The molecule has 0 amide bonds.